The molecule has 0 spiro atoms. The van der Waals surface area contributed by atoms with Crippen LogP contribution in [-0.4, -0.2) is 30.0 Å². The van der Waals surface area contributed by atoms with Gasteiger partial charge < -0.3 is 19.7 Å². The van der Waals surface area contributed by atoms with Crippen LogP contribution in [-0.2, 0) is 9.47 Å². The van der Waals surface area contributed by atoms with E-state index in [1.165, 1.54) is 0 Å². The molecule has 0 amide bonds. The number of hydrogen-bond acceptors (Lipinski definition) is 6. The van der Waals surface area contributed by atoms with Gasteiger partial charge in [-0.25, -0.2) is 0 Å². The fourth-order valence-electron chi connectivity index (χ4n) is 1.75. The number of ether oxygens (including phenoxy) is 2. The van der Waals surface area contributed by atoms with Gasteiger partial charge in [-0.05, 0) is 24.3 Å². The van der Waals surface area contributed by atoms with E-state index >= 15 is 0 Å². The maximum absolute atomic E-state index is 5.62. The van der Waals surface area contributed by atoms with Crippen molar-refractivity contribution in [3.63, 3.8) is 0 Å². The maximum Gasteiger partial charge on any atom is 0.258 e. The van der Waals surface area contributed by atoms with Crippen LogP contribution in [0.25, 0.3) is 11.5 Å². The standard InChI is InChI=1S/C12H13N3O3/c13-9-3-1-8(2-4-9)12-14-11(15-18-12)10-7-16-5-6-17-10/h1-4,10H,5-7,13H2. The van der Waals surface area contributed by atoms with Gasteiger partial charge in [0.2, 0.25) is 5.82 Å². The molecule has 18 heavy (non-hydrogen) atoms. The van der Waals surface area contributed by atoms with E-state index < -0.39 is 0 Å². The number of aromatic nitrogens is 2. The summed E-state index contributed by atoms with van der Waals surface area (Å²) in [6.07, 6.45) is -0.245. The number of benzene rings is 1. The van der Waals surface area contributed by atoms with Crippen LogP contribution in [0.15, 0.2) is 28.8 Å². The zero-order chi connectivity index (χ0) is 12.4. The molecule has 1 aliphatic rings. The summed E-state index contributed by atoms with van der Waals surface area (Å²) in [7, 11) is 0. The average molecular weight is 247 g/mol. The molecule has 0 saturated carbocycles. The minimum absolute atomic E-state index is 0.245. The fourth-order valence-corrected chi connectivity index (χ4v) is 1.75. The minimum Gasteiger partial charge on any atom is -0.399 e. The van der Waals surface area contributed by atoms with Gasteiger partial charge in [0.1, 0.15) is 6.10 Å². The van der Waals surface area contributed by atoms with Crippen molar-refractivity contribution >= 4 is 5.69 Å². The van der Waals surface area contributed by atoms with Crippen molar-refractivity contribution < 1.29 is 14.0 Å². The molecule has 1 atom stereocenters. The first-order valence-electron chi connectivity index (χ1n) is 5.72. The van der Waals surface area contributed by atoms with Gasteiger partial charge in [0, 0.05) is 11.3 Å². The van der Waals surface area contributed by atoms with Crippen LogP contribution < -0.4 is 5.73 Å². The molecule has 0 bridgehead atoms. The molecule has 2 heterocycles. The monoisotopic (exact) mass is 247 g/mol. The van der Waals surface area contributed by atoms with Crippen molar-refractivity contribution in [3.8, 4) is 11.5 Å². The molecule has 1 aromatic heterocycles. The highest BCUT2D eigenvalue weighted by Crippen LogP contribution is 2.23. The fraction of sp³-hybridized carbons (Fsp3) is 0.333. The van der Waals surface area contributed by atoms with Crippen LogP contribution in [0.3, 0.4) is 0 Å². The second-order valence-electron chi connectivity index (χ2n) is 4.01. The second kappa shape index (κ2) is 4.75. The molecule has 1 unspecified atom stereocenters. The molecular weight excluding hydrogens is 234 g/mol. The van der Waals surface area contributed by atoms with Crippen LogP contribution in [0.2, 0.25) is 0 Å². The van der Waals surface area contributed by atoms with E-state index in [1.54, 1.807) is 12.1 Å². The SMILES string of the molecule is Nc1ccc(-c2nc(C3COCCO3)no2)cc1. The summed E-state index contributed by atoms with van der Waals surface area (Å²) in [5.41, 5.74) is 7.15. The van der Waals surface area contributed by atoms with Gasteiger partial charge in [0.15, 0.2) is 0 Å². The minimum atomic E-state index is -0.245. The lowest BCUT2D eigenvalue weighted by Crippen LogP contribution is -2.22. The summed E-state index contributed by atoms with van der Waals surface area (Å²) in [5, 5.41) is 3.92. The predicted octanol–water partition coefficient (Wildman–Crippen LogP) is 1.41. The number of rotatable bonds is 2. The van der Waals surface area contributed by atoms with Gasteiger partial charge in [-0.3, -0.25) is 0 Å². The van der Waals surface area contributed by atoms with Gasteiger partial charge >= 0.3 is 0 Å². The van der Waals surface area contributed by atoms with Crippen molar-refractivity contribution in [1.82, 2.24) is 10.1 Å². The van der Waals surface area contributed by atoms with Gasteiger partial charge in [0.25, 0.3) is 5.89 Å². The first kappa shape index (κ1) is 11.2. The van der Waals surface area contributed by atoms with Gasteiger partial charge in [-0.1, -0.05) is 5.16 Å². The number of hydrogen-bond donors (Lipinski definition) is 1. The molecule has 0 radical (unpaired) electrons. The lowest BCUT2D eigenvalue weighted by Gasteiger charge is -2.19. The van der Waals surface area contributed by atoms with E-state index in [9.17, 15) is 0 Å². The zero-order valence-corrected chi connectivity index (χ0v) is 9.70. The Morgan fingerprint density at radius 1 is 1.17 bits per heavy atom. The molecule has 2 N–H and O–H groups in total. The largest absolute Gasteiger partial charge is 0.399 e. The molecule has 3 rings (SSSR count). The summed E-state index contributed by atoms with van der Waals surface area (Å²) in [6, 6.07) is 7.26. The highest BCUT2D eigenvalue weighted by Gasteiger charge is 2.22. The van der Waals surface area contributed by atoms with Crippen LogP contribution in [0.4, 0.5) is 5.69 Å². The van der Waals surface area contributed by atoms with Crippen molar-refractivity contribution in [2.75, 3.05) is 25.6 Å². The van der Waals surface area contributed by atoms with Gasteiger partial charge in [-0.2, -0.15) is 4.98 Å². The second-order valence-corrected chi connectivity index (χ2v) is 4.01. The van der Waals surface area contributed by atoms with E-state index in [1.807, 2.05) is 12.1 Å². The van der Waals surface area contributed by atoms with Crippen molar-refractivity contribution in [2.24, 2.45) is 0 Å². The van der Waals surface area contributed by atoms with Crippen LogP contribution >= 0.6 is 0 Å². The molecule has 1 aromatic carbocycles. The number of anilines is 1. The Bertz CT molecular complexity index is 518. The third-order valence-electron chi connectivity index (χ3n) is 2.70. The van der Waals surface area contributed by atoms with E-state index in [0.717, 1.165) is 5.56 Å². The van der Waals surface area contributed by atoms with E-state index in [-0.39, 0.29) is 6.10 Å². The van der Waals surface area contributed by atoms with Crippen molar-refractivity contribution in [2.45, 2.75) is 6.10 Å². The molecule has 6 heteroatoms. The molecule has 6 nitrogen and oxygen atoms in total. The van der Waals surface area contributed by atoms with E-state index in [2.05, 4.69) is 10.1 Å². The summed E-state index contributed by atoms with van der Waals surface area (Å²) in [4.78, 5) is 4.31. The smallest absolute Gasteiger partial charge is 0.258 e. The molecule has 1 aliphatic heterocycles. The van der Waals surface area contributed by atoms with E-state index in [0.29, 0.717) is 37.2 Å². The quantitative estimate of drug-likeness (QED) is 0.808. The summed E-state index contributed by atoms with van der Waals surface area (Å²) in [6.45, 7) is 1.62. The Kier molecular flexibility index (Phi) is 2.95. The number of nitrogen functional groups attached to an aromatic ring is 1. The Hall–Kier alpha value is -1.92. The van der Waals surface area contributed by atoms with Crippen molar-refractivity contribution in [3.05, 3.63) is 30.1 Å². The number of nitrogens with zero attached hydrogens (tertiary/aromatic N) is 2. The maximum atomic E-state index is 5.62. The Morgan fingerprint density at radius 3 is 2.72 bits per heavy atom. The average Bonchev–Trinajstić information content (AvgIpc) is 2.90. The normalized spacial score (nSPS) is 19.9. The summed E-state index contributed by atoms with van der Waals surface area (Å²) >= 11 is 0. The highest BCUT2D eigenvalue weighted by atomic mass is 16.6. The third kappa shape index (κ3) is 2.20. The summed E-state index contributed by atoms with van der Waals surface area (Å²) < 4.78 is 16.0. The van der Waals surface area contributed by atoms with E-state index in [4.69, 9.17) is 19.7 Å². The lowest BCUT2D eigenvalue weighted by molar-refractivity contribution is -0.0941. The Labute approximate surface area is 104 Å². The molecule has 0 aliphatic carbocycles. The zero-order valence-electron chi connectivity index (χ0n) is 9.70. The molecular formula is C12H13N3O3. The Morgan fingerprint density at radius 2 is 2.00 bits per heavy atom. The number of nitrogens with two attached hydrogens (primary N) is 1. The first-order chi connectivity index (χ1) is 8.83. The third-order valence-corrected chi connectivity index (χ3v) is 2.70. The molecule has 2 aromatic rings. The van der Waals surface area contributed by atoms with Gasteiger partial charge in [0.05, 0.1) is 19.8 Å². The predicted molar refractivity (Wildman–Crippen MR) is 63.7 cm³/mol. The first-order valence-corrected chi connectivity index (χ1v) is 5.72. The van der Waals surface area contributed by atoms with Gasteiger partial charge in [-0.15, -0.1) is 0 Å². The lowest BCUT2D eigenvalue weighted by atomic mass is 10.2. The molecule has 1 fully saturated rings. The van der Waals surface area contributed by atoms with Crippen LogP contribution in [0.1, 0.15) is 11.9 Å². The van der Waals surface area contributed by atoms with Crippen molar-refractivity contribution in [1.29, 1.82) is 0 Å². The summed E-state index contributed by atoms with van der Waals surface area (Å²) in [5.74, 6) is 0.973. The Balaban J connectivity index is 1.82. The molecule has 94 valence electrons. The molecule has 1 saturated heterocycles. The topological polar surface area (TPSA) is 83.4 Å². The van der Waals surface area contributed by atoms with Crippen LogP contribution in [0, 0.1) is 0 Å². The van der Waals surface area contributed by atoms with Crippen LogP contribution in [0.5, 0.6) is 0 Å². The highest BCUT2D eigenvalue weighted by molar-refractivity contribution is 5.56.